The number of benzene rings is 1. The summed E-state index contributed by atoms with van der Waals surface area (Å²) in [5.74, 6) is -0.103. The van der Waals surface area contributed by atoms with Crippen molar-refractivity contribution in [2.45, 2.75) is 25.8 Å². The van der Waals surface area contributed by atoms with E-state index < -0.39 is 5.92 Å². The maximum absolute atomic E-state index is 11.7. The van der Waals surface area contributed by atoms with Crippen LogP contribution < -0.4 is 0 Å². The number of esters is 1. The molecule has 0 aliphatic rings. The number of aromatic nitrogens is 2. The van der Waals surface area contributed by atoms with Gasteiger partial charge in [-0.2, -0.15) is 4.98 Å². The zero-order chi connectivity index (χ0) is 16.1. The summed E-state index contributed by atoms with van der Waals surface area (Å²) in [6.07, 6.45) is 0.552. The van der Waals surface area contributed by atoms with Crippen LogP contribution in [0.3, 0.4) is 0 Å². The lowest BCUT2D eigenvalue weighted by Gasteiger charge is -2.09. The van der Waals surface area contributed by atoms with Crippen LogP contribution in [0, 0.1) is 0 Å². The Morgan fingerprint density at radius 2 is 2.00 bits per heavy atom. The Kier molecular flexibility index (Phi) is 5.27. The quantitative estimate of drug-likeness (QED) is 0.764. The van der Waals surface area contributed by atoms with Crippen LogP contribution in [0.15, 0.2) is 28.8 Å². The van der Waals surface area contributed by atoms with Crippen molar-refractivity contribution in [3.05, 3.63) is 35.7 Å². The Morgan fingerprint density at radius 1 is 1.32 bits per heavy atom. The average molecular weight is 303 g/mol. The molecule has 0 aliphatic heterocycles. The highest BCUT2D eigenvalue weighted by molar-refractivity contribution is 5.76. The molecule has 2 rings (SSSR count). The van der Waals surface area contributed by atoms with E-state index >= 15 is 0 Å². The lowest BCUT2D eigenvalue weighted by Crippen LogP contribution is -2.13. The third kappa shape index (κ3) is 3.71. The molecule has 0 saturated carbocycles. The van der Waals surface area contributed by atoms with Crippen LogP contribution in [0.5, 0.6) is 0 Å². The summed E-state index contributed by atoms with van der Waals surface area (Å²) in [7, 11) is 5.40. The fraction of sp³-hybridized carbons (Fsp3) is 0.438. The zero-order valence-corrected chi connectivity index (χ0v) is 13.4. The molecule has 0 N–H and O–H groups in total. The van der Waals surface area contributed by atoms with Crippen LogP contribution in [0.25, 0.3) is 11.4 Å². The molecular weight excluding hydrogens is 282 g/mol. The molecule has 1 heterocycles. The molecule has 0 amide bonds. The highest BCUT2D eigenvalue weighted by Crippen LogP contribution is 2.23. The van der Waals surface area contributed by atoms with Crippen LogP contribution in [-0.2, 0) is 16.1 Å². The lowest BCUT2D eigenvalue weighted by atomic mass is 10.1. The molecule has 22 heavy (non-hydrogen) atoms. The molecule has 1 atom stereocenters. The van der Waals surface area contributed by atoms with Gasteiger partial charge < -0.3 is 14.2 Å². The van der Waals surface area contributed by atoms with Gasteiger partial charge in [-0.15, -0.1) is 0 Å². The molecule has 0 fully saturated rings. The van der Waals surface area contributed by atoms with E-state index in [0.29, 0.717) is 18.1 Å². The van der Waals surface area contributed by atoms with E-state index in [0.717, 1.165) is 12.1 Å². The van der Waals surface area contributed by atoms with Gasteiger partial charge in [0, 0.05) is 12.1 Å². The Morgan fingerprint density at radius 3 is 2.55 bits per heavy atom. The van der Waals surface area contributed by atoms with Gasteiger partial charge in [0.15, 0.2) is 0 Å². The van der Waals surface area contributed by atoms with Gasteiger partial charge in [-0.1, -0.05) is 36.3 Å². The molecule has 118 valence electrons. The fourth-order valence-corrected chi connectivity index (χ4v) is 2.20. The first-order chi connectivity index (χ1) is 10.5. The highest BCUT2D eigenvalue weighted by Gasteiger charge is 2.26. The molecule has 6 heteroatoms. The number of methoxy groups -OCH3 is 1. The number of hydrogen-bond donors (Lipinski definition) is 0. The topological polar surface area (TPSA) is 68.5 Å². The first-order valence-electron chi connectivity index (χ1n) is 7.20. The SMILES string of the molecule is CCC(C(=O)OC)c1nc(-c2ccc(CN(C)C)cc2)no1. The Balaban J connectivity index is 2.18. The van der Waals surface area contributed by atoms with E-state index in [-0.39, 0.29) is 5.97 Å². The number of nitrogens with zero attached hydrogens (tertiary/aromatic N) is 3. The summed E-state index contributed by atoms with van der Waals surface area (Å²) in [5, 5.41) is 3.96. The summed E-state index contributed by atoms with van der Waals surface area (Å²) in [6, 6.07) is 7.96. The lowest BCUT2D eigenvalue weighted by molar-refractivity contribution is -0.143. The smallest absolute Gasteiger partial charge is 0.318 e. The fourth-order valence-electron chi connectivity index (χ4n) is 2.20. The monoisotopic (exact) mass is 303 g/mol. The van der Waals surface area contributed by atoms with Gasteiger partial charge in [0.2, 0.25) is 11.7 Å². The van der Waals surface area contributed by atoms with Gasteiger partial charge in [-0.25, -0.2) is 0 Å². The summed E-state index contributed by atoms with van der Waals surface area (Å²) in [6.45, 7) is 2.75. The number of carbonyl (C=O) groups is 1. The molecular formula is C16H21N3O3. The van der Waals surface area contributed by atoms with Gasteiger partial charge in [-0.3, -0.25) is 4.79 Å². The van der Waals surface area contributed by atoms with E-state index in [9.17, 15) is 4.79 Å². The molecule has 1 unspecified atom stereocenters. The normalized spacial score (nSPS) is 12.4. The minimum Gasteiger partial charge on any atom is -0.468 e. The van der Waals surface area contributed by atoms with Crippen LogP contribution in [0.2, 0.25) is 0 Å². The summed E-state index contributed by atoms with van der Waals surface area (Å²) < 4.78 is 9.97. The van der Waals surface area contributed by atoms with Crippen LogP contribution in [0.1, 0.15) is 30.7 Å². The third-order valence-corrected chi connectivity index (χ3v) is 3.34. The van der Waals surface area contributed by atoms with Crippen molar-refractivity contribution in [3.63, 3.8) is 0 Å². The largest absolute Gasteiger partial charge is 0.468 e. The van der Waals surface area contributed by atoms with E-state index in [1.54, 1.807) is 0 Å². The predicted octanol–water partition coefficient (Wildman–Crippen LogP) is 2.46. The second kappa shape index (κ2) is 7.17. The average Bonchev–Trinajstić information content (AvgIpc) is 2.97. The predicted molar refractivity (Wildman–Crippen MR) is 82.2 cm³/mol. The number of hydrogen-bond acceptors (Lipinski definition) is 6. The number of rotatable bonds is 6. The van der Waals surface area contributed by atoms with Gasteiger partial charge >= 0.3 is 5.97 Å². The Hall–Kier alpha value is -2.21. The van der Waals surface area contributed by atoms with E-state index in [4.69, 9.17) is 9.26 Å². The third-order valence-electron chi connectivity index (χ3n) is 3.34. The molecule has 0 radical (unpaired) electrons. The Labute approximate surface area is 130 Å². The molecule has 0 spiro atoms. The van der Waals surface area contributed by atoms with Crippen LogP contribution in [-0.4, -0.2) is 42.2 Å². The van der Waals surface area contributed by atoms with Crippen molar-refractivity contribution in [2.75, 3.05) is 21.2 Å². The first kappa shape index (κ1) is 16.2. The number of ether oxygens (including phenoxy) is 1. The molecule has 1 aromatic carbocycles. The maximum Gasteiger partial charge on any atom is 0.318 e. The molecule has 6 nitrogen and oxygen atoms in total. The van der Waals surface area contributed by atoms with Crippen molar-refractivity contribution in [3.8, 4) is 11.4 Å². The van der Waals surface area contributed by atoms with Crippen molar-refractivity contribution in [1.29, 1.82) is 0 Å². The second-order valence-electron chi connectivity index (χ2n) is 5.37. The summed E-state index contributed by atoms with van der Waals surface area (Å²) >= 11 is 0. The molecule has 1 aromatic heterocycles. The molecule has 0 saturated heterocycles. The van der Waals surface area contributed by atoms with Gasteiger partial charge in [0.05, 0.1) is 7.11 Å². The van der Waals surface area contributed by atoms with Gasteiger partial charge in [-0.05, 0) is 26.1 Å². The van der Waals surface area contributed by atoms with E-state index in [2.05, 4.69) is 15.0 Å². The minimum absolute atomic E-state index is 0.293. The van der Waals surface area contributed by atoms with E-state index in [1.807, 2.05) is 45.3 Å². The summed E-state index contributed by atoms with van der Waals surface area (Å²) in [4.78, 5) is 18.1. The first-order valence-corrected chi connectivity index (χ1v) is 7.20. The van der Waals surface area contributed by atoms with Crippen molar-refractivity contribution < 1.29 is 14.1 Å². The number of carbonyl (C=O) groups excluding carboxylic acids is 1. The van der Waals surface area contributed by atoms with Crippen LogP contribution in [0.4, 0.5) is 0 Å². The van der Waals surface area contributed by atoms with Crippen molar-refractivity contribution in [2.24, 2.45) is 0 Å². The minimum atomic E-state index is -0.515. The van der Waals surface area contributed by atoms with Gasteiger partial charge in [0.25, 0.3) is 0 Å². The zero-order valence-electron chi connectivity index (χ0n) is 13.4. The van der Waals surface area contributed by atoms with E-state index in [1.165, 1.54) is 12.7 Å². The van der Waals surface area contributed by atoms with Crippen molar-refractivity contribution >= 4 is 5.97 Å². The molecule has 2 aromatic rings. The maximum atomic E-state index is 11.7. The second-order valence-corrected chi connectivity index (χ2v) is 5.37. The van der Waals surface area contributed by atoms with Crippen LogP contribution >= 0.6 is 0 Å². The Bertz CT molecular complexity index is 620. The van der Waals surface area contributed by atoms with Crippen molar-refractivity contribution in [1.82, 2.24) is 15.0 Å². The highest BCUT2D eigenvalue weighted by atomic mass is 16.5. The molecule has 0 bridgehead atoms. The standard InChI is InChI=1S/C16H21N3O3/c1-5-13(16(20)21-4)15-17-14(18-22-15)12-8-6-11(7-9-12)10-19(2)3/h6-9,13H,5,10H2,1-4H3. The van der Waals surface area contributed by atoms with Gasteiger partial charge in [0.1, 0.15) is 5.92 Å². The molecule has 0 aliphatic carbocycles. The summed E-state index contributed by atoms with van der Waals surface area (Å²) in [5.41, 5.74) is 2.07.